The number of carbonyl (C=O) groups excluding carboxylic acids is 1. The third-order valence-corrected chi connectivity index (χ3v) is 4.67. The van der Waals surface area contributed by atoms with Crippen LogP contribution in [0.5, 0.6) is 0 Å². The van der Waals surface area contributed by atoms with Gasteiger partial charge in [0.1, 0.15) is 12.8 Å². The summed E-state index contributed by atoms with van der Waals surface area (Å²) in [6.45, 7) is 0.960. The molecule has 2 N–H and O–H groups in total. The summed E-state index contributed by atoms with van der Waals surface area (Å²) in [5, 5.41) is 14.0. The Morgan fingerprint density at radius 2 is 2.31 bits per heavy atom. The van der Waals surface area contributed by atoms with Crippen molar-refractivity contribution in [3.05, 3.63) is 67.1 Å². The number of hydrogen-bond donors (Lipinski definition) is 2. The second-order valence-corrected chi connectivity index (χ2v) is 6.82. The Labute approximate surface area is 164 Å². The number of esters is 1. The van der Waals surface area contributed by atoms with E-state index in [-0.39, 0.29) is 12.0 Å². The SMILES string of the molecule is Cc1cn([C@H]2C[C@H](O)[C@](COC(=O)C3=CN(C)C=CC3)(N=[N+]=[N-])O2)c(=O)[nH]c1=O. The van der Waals surface area contributed by atoms with Crippen LogP contribution < -0.4 is 11.2 Å². The monoisotopic (exact) mass is 404 g/mol. The molecule has 3 atom stereocenters. The van der Waals surface area contributed by atoms with Crippen LogP contribution in [0.15, 0.2) is 44.9 Å². The number of nitrogens with one attached hydrogen (secondary N) is 1. The summed E-state index contributed by atoms with van der Waals surface area (Å²) >= 11 is 0. The maximum atomic E-state index is 12.3. The van der Waals surface area contributed by atoms with Crippen LogP contribution in [-0.2, 0) is 14.3 Å². The molecule has 3 heterocycles. The van der Waals surface area contributed by atoms with Crippen molar-refractivity contribution < 1.29 is 19.4 Å². The molecule has 12 heteroatoms. The number of aliphatic hydroxyl groups excluding tert-OH is 1. The first-order chi connectivity index (χ1) is 13.8. The lowest BCUT2D eigenvalue weighted by Crippen LogP contribution is -2.43. The molecule has 154 valence electrons. The van der Waals surface area contributed by atoms with Crippen LogP contribution in [0, 0.1) is 6.92 Å². The number of aromatic amines is 1. The fraction of sp³-hybridized carbons (Fsp3) is 0.471. The van der Waals surface area contributed by atoms with E-state index in [1.54, 1.807) is 30.4 Å². The quantitative estimate of drug-likeness (QED) is 0.311. The lowest BCUT2D eigenvalue weighted by molar-refractivity contribution is -0.161. The van der Waals surface area contributed by atoms with Crippen LogP contribution >= 0.6 is 0 Å². The van der Waals surface area contributed by atoms with Crippen LogP contribution in [0.4, 0.5) is 0 Å². The fourth-order valence-electron chi connectivity index (χ4n) is 3.12. The fourth-order valence-corrected chi connectivity index (χ4v) is 3.12. The molecular formula is C17H20N6O6. The zero-order valence-electron chi connectivity index (χ0n) is 15.8. The zero-order valence-corrected chi connectivity index (χ0v) is 15.8. The zero-order chi connectivity index (χ0) is 21.2. The second kappa shape index (κ2) is 7.95. The van der Waals surface area contributed by atoms with Crippen molar-refractivity contribution >= 4 is 5.97 Å². The Balaban J connectivity index is 1.81. The number of aryl methyl sites for hydroxylation is 1. The maximum Gasteiger partial charge on any atom is 0.335 e. The lowest BCUT2D eigenvalue weighted by atomic mass is 10.1. The summed E-state index contributed by atoms with van der Waals surface area (Å²) in [7, 11) is 1.75. The predicted molar refractivity (Wildman–Crippen MR) is 99.2 cm³/mol. The van der Waals surface area contributed by atoms with Crippen LogP contribution in [0.25, 0.3) is 10.4 Å². The van der Waals surface area contributed by atoms with E-state index >= 15 is 0 Å². The highest BCUT2D eigenvalue weighted by atomic mass is 16.6. The topological polar surface area (TPSA) is 163 Å². The molecule has 0 bridgehead atoms. The predicted octanol–water partition coefficient (Wildman–Crippen LogP) is 0.408. The summed E-state index contributed by atoms with van der Waals surface area (Å²) in [6.07, 6.45) is 4.33. The van der Waals surface area contributed by atoms with Crippen LogP contribution in [0.3, 0.4) is 0 Å². The molecule has 12 nitrogen and oxygen atoms in total. The molecule has 0 spiro atoms. The number of aliphatic hydroxyl groups is 1. The van der Waals surface area contributed by atoms with E-state index in [9.17, 15) is 19.5 Å². The Kier molecular flexibility index (Phi) is 5.59. The van der Waals surface area contributed by atoms with Crippen molar-refractivity contribution in [2.24, 2.45) is 5.11 Å². The first-order valence-corrected chi connectivity index (χ1v) is 8.76. The van der Waals surface area contributed by atoms with Crippen molar-refractivity contribution in [3.63, 3.8) is 0 Å². The average molecular weight is 404 g/mol. The number of azide groups is 1. The number of hydrogen-bond acceptors (Lipinski definition) is 8. The Morgan fingerprint density at radius 3 is 3.00 bits per heavy atom. The van der Waals surface area contributed by atoms with Gasteiger partial charge in [-0.3, -0.25) is 14.3 Å². The number of rotatable bonds is 5. The van der Waals surface area contributed by atoms with Crippen LogP contribution in [0.2, 0.25) is 0 Å². The minimum atomic E-state index is -1.91. The molecule has 0 saturated carbocycles. The lowest BCUT2D eigenvalue weighted by Gasteiger charge is -2.27. The normalized spacial score (nSPS) is 26.0. The average Bonchev–Trinajstić information content (AvgIpc) is 2.99. The Bertz CT molecular complexity index is 1040. The van der Waals surface area contributed by atoms with Crippen LogP contribution in [-0.4, -0.2) is 51.0 Å². The minimum Gasteiger partial charge on any atom is -0.459 e. The standard InChI is InChI=1S/C17H20N6O6/c1-10-7-23(16(27)19-14(10)25)13-6-12(24)17(29-13,20-21-18)9-28-15(26)11-4-3-5-22(2)8-11/h3,5,7-8,12-13,24H,4,6,9H2,1-2H3,(H,19,25,27)/t12-,13+,17+/m0/s1. The van der Waals surface area contributed by atoms with E-state index in [0.29, 0.717) is 12.0 Å². The van der Waals surface area contributed by atoms with Crippen molar-refractivity contribution in [2.45, 2.75) is 37.8 Å². The van der Waals surface area contributed by atoms with Gasteiger partial charge in [0.2, 0.25) is 5.72 Å². The van der Waals surface area contributed by atoms with E-state index in [2.05, 4.69) is 15.0 Å². The van der Waals surface area contributed by atoms with Gasteiger partial charge in [-0.2, -0.15) is 0 Å². The van der Waals surface area contributed by atoms with Gasteiger partial charge in [0.15, 0.2) is 0 Å². The van der Waals surface area contributed by atoms with Crippen molar-refractivity contribution in [1.29, 1.82) is 0 Å². The molecule has 1 aromatic rings. The molecule has 29 heavy (non-hydrogen) atoms. The molecule has 1 fully saturated rings. The summed E-state index contributed by atoms with van der Waals surface area (Å²) in [6, 6.07) is 0. The van der Waals surface area contributed by atoms with Gasteiger partial charge in [0.25, 0.3) is 5.56 Å². The molecule has 0 unspecified atom stereocenters. The molecule has 1 aromatic heterocycles. The molecule has 3 rings (SSSR count). The van der Waals surface area contributed by atoms with E-state index < -0.39 is 41.9 Å². The Hall–Kier alpha value is -3.34. The van der Waals surface area contributed by atoms with E-state index in [1.807, 2.05) is 0 Å². The molecule has 0 aliphatic carbocycles. The van der Waals surface area contributed by atoms with E-state index in [4.69, 9.17) is 15.0 Å². The summed E-state index contributed by atoms with van der Waals surface area (Å²) < 4.78 is 12.0. The molecular weight excluding hydrogens is 384 g/mol. The van der Waals surface area contributed by atoms with Crippen molar-refractivity contribution in [1.82, 2.24) is 14.5 Å². The molecule has 2 aliphatic rings. The highest BCUT2D eigenvalue weighted by molar-refractivity contribution is 5.88. The molecule has 0 radical (unpaired) electrons. The van der Waals surface area contributed by atoms with Crippen molar-refractivity contribution in [2.75, 3.05) is 13.7 Å². The van der Waals surface area contributed by atoms with Gasteiger partial charge in [-0.25, -0.2) is 9.59 Å². The number of nitrogens with zero attached hydrogens (tertiary/aromatic N) is 5. The first-order valence-electron chi connectivity index (χ1n) is 8.76. The highest BCUT2D eigenvalue weighted by Gasteiger charge is 2.50. The third-order valence-electron chi connectivity index (χ3n) is 4.67. The largest absolute Gasteiger partial charge is 0.459 e. The minimum absolute atomic E-state index is 0.115. The van der Waals surface area contributed by atoms with Gasteiger partial charge in [0.05, 0.1) is 11.7 Å². The smallest absolute Gasteiger partial charge is 0.335 e. The van der Waals surface area contributed by atoms with Gasteiger partial charge < -0.3 is 19.5 Å². The van der Waals surface area contributed by atoms with E-state index in [0.717, 1.165) is 4.57 Å². The number of ether oxygens (including phenoxy) is 2. The molecule has 2 aliphatic heterocycles. The second-order valence-electron chi connectivity index (χ2n) is 6.82. The highest BCUT2D eigenvalue weighted by Crippen LogP contribution is 2.38. The third kappa shape index (κ3) is 4.09. The van der Waals surface area contributed by atoms with Crippen molar-refractivity contribution in [3.8, 4) is 0 Å². The van der Waals surface area contributed by atoms with Gasteiger partial charge >= 0.3 is 11.7 Å². The molecule has 0 amide bonds. The first kappa shape index (κ1) is 20.4. The van der Waals surface area contributed by atoms with E-state index in [1.165, 1.54) is 13.1 Å². The van der Waals surface area contributed by atoms with Gasteiger partial charge in [0, 0.05) is 42.8 Å². The van der Waals surface area contributed by atoms with Gasteiger partial charge in [-0.1, -0.05) is 11.2 Å². The Morgan fingerprint density at radius 1 is 1.55 bits per heavy atom. The molecule has 1 saturated heterocycles. The molecule has 0 aromatic carbocycles. The number of allylic oxidation sites excluding steroid dienone is 1. The number of H-pyrrole nitrogens is 1. The van der Waals surface area contributed by atoms with Crippen LogP contribution in [0.1, 0.15) is 24.6 Å². The number of aromatic nitrogens is 2. The summed E-state index contributed by atoms with van der Waals surface area (Å²) in [5.41, 5.74) is 6.38. The number of carbonyl (C=O) groups is 1. The summed E-state index contributed by atoms with van der Waals surface area (Å²) in [4.78, 5) is 42.5. The maximum absolute atomic E-state index is 12.3. The summed E-state index contributed by atoms with van der Waals surface area (Å²) in [5.74, 6) is -0.648. The van der Waals surface area contributed by atoms with Gasteiger partial charge in [-0.15, -0.1) is 0 Å². The van der Waals surface area contributed by atoms with Gasteiger partial charge in [-0.05, 0) is 18.7 Å².